The summed E-state index contributed by atoms with van der Waals surface area (Å²) in [5.41, 5.74) is 6.91. The lowest BCUT2D eigenvalue weighted by atomic mass is 10.1. The maximum absolute atomic E-state index is 11.2. The van der Waals surface area contributed by atoms with Crippen LogP contribution in [0.5, 0.6) is 0 Å². The van der Waals surface area contributed by atoms with E-state index in [0.29, 0.717) is 6.54 Å². The molecule has 0 aliphatic carbocycles. The Hall–Kier alpha value is -2.10. The molecule has 4 heteroatoms. The molecule has 0 amide bonds. The summed E-state index contributed by atoms with van der Waals surface area (Å²) in [5.74, 6) is 0. The van der Waals surface area contributed by atoms with Crippen molar-refractivity contribution in [3.8, 4) is 0 Å². The lowest BCUT2D eigenvalue weighted by molar-refractivity contribution is 1.09. The molecule has 0 aliphatic rings. The van der Waals surface area contributed by atoms with E-state index in [1.54, 1.807) is 0 Å². The van der Waals surface area contributed by atoms with Crippen LogP contribution in [0.3, 0.4) is 0 Å². The van der Waals surface area contributed by atoms with Crippen LogP contribution in [0.2, 0.25) is 0 Å². The topological polar surface area (TPSA) is 72.2 Å². The van der Waals surface area contributed by atoms with Crippen molar-refractivity contribution >= 4 is 11.4 Å². The van der Waals surface area contributed by atoms with Crippen molar-refractivity contribution in [1.29, 1.82) is 0 Å². The van der Waals surface area contributed by atoms with Crippen molar-refractivity contribution in [3.05, 3.63) is 55.8 Å². The van der Waals surface area contributed by atoms with Crippen LogP contribution in [0.15, 0.2) is 33.9 Å². The lowest BCUT2D eigenvalue weighted by Gasteiger charge is -2.10. The first-order valence-corrected chi connectivity index (χ1v) is 7.54. The van der Waals surface area contributed by atoms with E-state index in [0.717, 1.165) is 12.0 Å². The highest BCUT2D eigenvalue weighted by Gasteiger charge is 2.16. The highest BCUT2D eigenvalue weighted by atomic mass is 16.2. The third-order valence-corrected chi connectivity index (χ3v) is 2.82. The summed E-state index contributed by atoms with van der Waals surface area (Å²) in [7, 11) is 0. The first kappa shape index (κ1) is 18.9. The quantitative estimate of drug-likeness (QED) is 0.849. The van der Waals surface area contributed by atoms with Crippen LogP contribution < -0.4 is 21.9 Å². The molecular weight excluding hydrogens is 264 g/mol. The molecule has 0 saturated heterocycles. The highest BCUT2D eigenvalue weighted by Crippen LogP contribution is 2.12. The summed E-state index contributed by atoms with van der Waals surface area (Å²) in [6, 6.07) is 8.05. The Morgan fingerprint density at radius 1 is 1.00 bits per heavy atom. The maximum atomic E-state index is 11.2. The minimum atomic E-state index is -0.588. The Balaban J connectivity index is 0.000000921. The Morgan fingerprint density at radius 3 is 2.10 bits per heavy atom. The molecule has 0 heterocycles. The van der Waals surface area contributed by atoms with E-state index in [9.17, 15) is 9.59 Å². The van der Waals surface area contributed by atoms with Gasteiger partial charge in [-0.1, -0.05) is 58.9 Å². The molecule has 0 fully saturated rings. The van der Waals surface area contributed by atoms with E-state index in [1.807, 2.05) is 39.8 Å². The number of rotatable bonds is 4. The molecule has 0 aliphatic heterocycles. The molecule has 4 nitrogen and oxygen atoms in total. The van der Waals surface area contributed by atoms with E-state index in [-0.39, 0.29) is 11.4 Å². The largest absolute Gasteiger partial charge is 0.394 e. The van der Waals surface area contributed by atoms with Gasteiger partial charge in [0.15, 0.2) is 0 Å². The summed E-state index contributed by atoms with van der Waals surface area (Å²) in [5, 5.41) is 2.90. The predicted octanol–water partition coefficient (Wildman–Crippen LogP) is 3.09. The van der Waals surface area contributed by atoms with Crippen LogP contribution in [0.1, 0.15) is 45.7 Å². The van der Waals surface area contributed by atoms with Gasteiger partial charge in [0, 0.05) is 6.54 Å². The zero-order chi connectivity index (χ0) is 16.4. The summed E-state index contributed by atoms with van der Waals surface area (Å²) < 4.78 is 0. The summed E-state index contributed by atoms with van der Waals surface area (Å²) in [6.45, 7) is 10.6. The van der Waals surface area contributed by atoms with E-state index in [2.05, 4.69) is 24.4 Å². The van der Waals surface area contributed by atoms with Gasteiger partial charge in [-0.15, -0.1) is 0 Å². The average Bonchev–Trinajstić information content (AvgIpc) is 2.58. The molecule has 0 bridgehead atoms. The van der Waals surface area contributed by atoms with Gasteiger partial charge in [-0.25, -0.2) is 0 Å². The van der Waals surface area contributed by atoms with Crippen LogP contribution >= 0.6 is 0 Å². The van der Waals surface area contributed by atoms with Gasteiger partial charge in [-0.2, -0.15) is 0 Å². The van der Waals surface area contributed by atoms with Crippen molar-refractivity contribution in [1.82, 2.24) is 0 Å². The highest BCUT2D eigenvalue weighted by molar-refractivity contribution is 5.71. The molecule has 2 rings (SSSR count). The van der Waals surface area contributed by atoms with E-state index < -0.39 is 10.9 Å². The molecule has 0 spiro atoms. The van der Waals surface area contributed by atoms with Crippen molar-refractivity contribution in [2.45, 2.75) is 47.6 Å². The molecule has 0 radical (unpaired) electrons. The van der Waals surface area contributed by atoms with E-state index in [1.165, 1.54) is 5.56 Å². The first-order valence-electron chi connectivity index (χ1n) is 7.54. The molecular formula is C17H26N2O2. The Labute approximate surface area is 126 Å². The second-order valence-corrected chi connectivity index (χ2v) is 3.97. The van der Waals surface area contributed by atoms with Gasteiger partial charge in [-0.05, 0) is 17.5 Å². The number of nitrogens with one attached hydrogen (secondary N) is 1. The molecule has 21 heavy (non-hydrogen) atoms. The van der Waals surface area contributed by atoms with Crippen molar-refractivity contribution in [3.63, 3.8) is 0 Å². The minimum absolute atomic E-state index is 0.0432. The number of anilines is 2. The zero-order valence-corrected chi connectivity index (χ0v) is 13.6. The molecule has 0 atom stereocenters. The molecule has 0 aromatic heterocycles. The number of aryl methyl sites for hydroxylation is 1. The Morgan fingerprint density at radius 2 is 1.57 bits per heavy atom. The van der Waals surface area contributed by atoms with Crippen LogP contribution in [0.4, 0.5) is 11.4 Å². The van der Waals surface area contributed by atoms with Gasteiger partial charge in [0.2, 0.25) is 0 Å². The summed E-state index contributed by atoms with van der Waals surface area (Å²) in [6.07, 6.45) is 0.968. The second-order valence-electron chi connectivity index (χ2n) is 3.97. The zero-order valence-electron chi connectivity index (χ0n) is 13.6. The van der Waals surface area contributed by atoms with Crippen LogP contribution in [0, 0.1) is 0 Å². The van der Waals surface area contributed by atoms with Crippen molar-refractivity contribution < 1.29 is 0 Å². The van der Waals surface area contributed by atoms with Crippen LogP contribution in [-0.4, -0.2) is 0 Å². The Bertz CT molecular complexity index is 611. The van der Waals surface area contributed by atoms with E-state index in [4.69, 9.17) is 5.73 Å². The summed E-state index contributed by atoms with van der Waals surface area (Å²) in [4.78, 5) is 22.1. The fourth-order valence-corrected chi connectivity index (χ4v) is 1.73. The van der Waals surface area contributed by atoms with E-state index >= 15 is 0 Å². The van der Waals surface area contributed by atoms with Gasteiger partial charge in [-0.3, -0.25) is 9.59 Å². The first-order chi connectivity index (χ1) is 10.1. The predicted molar refractivity (Wildman–Crippen MR) is 91.6 cm³/mol. The summed E-state index contributed by atoms with van der Waals surface area (Å²) >= 11 is 0. The maximum Gasteiger partial charge on any atom is 0.253 e. The van der Waals surface area contributed by atoms with Crippen molar-refractivity contribution in [2.24, 2.45) is 0 Å². The molecule has 0 unspecified atom stereocenters. The lowest BCUT2D eigenvalue weighted by Crippen LogP contribution is -2.36. The molecule has 116 valence electrons. The van der Waals surface area contributed by atoms with Gasteiger partial charge >= 0.3 is 0 Å². The molecule has 2 aromatic carbocycles. The molecule has 0 saturated carbocycles. The average molecular weight is 290 g/mol. The monoisotopic (exact) mass is 290 g/mol. The number of hydrogen-bond acceptors (Lipinski definition) is 4. The van der Waals surface area contributed by atoms with Gasteiger partial charge < -0.3 is 11.1 Å². The van der Waals surface area contributed by atoms with Crippen LogP contribution in [-0.2, 0) is 13.0 Å². The van der Waals surface area contributed by atoms with Crippen LogP contribution in [0.25, 0.3) is 0 Å². The SMILES string of the molecule is CC.CC.CCc1cccc(CNc2c(N)c(=O)c2=O)c1. The molecule has 2 aromatic rings. The van der Waals surface area contributed by atoms with Crippen molar-refractivity contribution in [2.75, 3.05) is 11.1 Å². The molecule has 3 N–H and O–H groups in total. The van der Waals surface area contributed by atoms with Gasteiger partial charge in [0.25, 0.3) is 10.9 Å². The smallest absolute Gasteiger partial charge is 0.253 e. The Kier molecular flexibility index (Phi) is 8.77. The normalized spacial score (nSPS) is 9.19. The number of hydrogen-bond donors (Lipinski definition) is 2. The standard InChI is InChI=1S/C13H14N2O2.2C2H6/c1-2-8-4-3-5-9(6-8)7-15-11-10(14)12(16)13(11)17;2*1-2/h3-6,15H,2,7,14H2,1H3;2*1-2H3. The number of nitrogens with two attached hydrogens (primary N) is 1. The fraction of sp³-hybridized carbons (Fsp3) is 0.412. The fourth-order valence-electron chi connectivity index (χ4n) is 1.73. The van der Waals surface area contributed by atoms with Gasteiger partial charge in [0.1, 0.15) is 11.4 Å². The van der Waals surface area contributed by atoms with Gasteiger partial charge in [0.05, 0.1) is 0 Å². The second kappa shape index (κ2) is 9.75. The minimum Gasteiger partial charge on any atom is -0.394 e. The number of nitrogen functional groups attached to an aromatic ring is 1. The third kappa shape index (κ3) is 4.74. The number of benzene rings is 1. The third-order valence-electron chi connectivity index (χ3n) is 2.82.